The van der Waals surface area contributed by atoms with Gasteiger partial charge in [0.2, 0.25) is 5.91 Å². The van der Waals surface area contributed by atoms with Gasteiger partial charge in [-0.3, -0.25) is 24.5 Å². The predicted octanol–water partition coefficient (Wildman–Crippen LogP) is 2.71. The van der Waals surface area contributed by atoms with E-state index in [0.717, 1.165) is 0 Å². The molecular formula is C24H25N3O9. The Morgan fingerprint density at radius 3 is 2.50 bits per heavy atom. The number of benzene rings is 2. The van der Waals surface area contributed by atoms with E-state index >= 15 is 0 Å². The van der Waals surface area contributed by atoms with E-state index in [1.54, 1.807) is 0 Å². The zero-order chi connectivity index (χ0) is 26.2. The number of rotatable bonds is 10. The summed E-state index contributed by atoms with van der Waals surface area (Å²) in [5.74, 6) is -2.87. The molecule has 0 radical (unpaired) electrons. The Morgan fingerprint density at radius 2 is 1.86 bits per heavy atom. The van der Waals surface area contributed by atoms with Gasteiger partial charge in [-0.1, -0.05) is 6.92 Å². The molecule has 0 spiro atoms. The lowest BCUT2D eigenvalue weighted by molar-refractivity contribution is -0.384. The first-order valence-corrected chi connectivity index (χ1v) is 11.1. The average molecular weight is 499 g/mol. The summed E-state index contributed by atoms with van der Waals surface area (Å²) in [6, 6.07) is 9.86. The van der Waals surface area contributed by atoms with Crippen LogP contribution < -0.4 is 15.0 Å². The largest absolute Gasteiger partial charge is 0.494 e. The number of methoxy groups -OCH3 is 1. The molecule has 0 bridgehead atoms. The van der Waals surface area contributed by atoms with Crippen LogP contribution in [0.5, 0.6) is 5.75 Å². The molecule has 0 aliphatic carbocycles. The summed E-state index contributed by atoms with van der Waals surface area (Å²) >= 11 is 0. The zero-order valence-electron chi connectivity index (χ0n) is 19.7. The molecule has 1 atom stereocenters. The molecule has 0 aromatic heterocycles. The molecule has 2 aromatic carbocycles. The van der Waals surface area contributed by atoms with Crippen molar-refractivity contribution in [2.45, 2.75) is 19.8 Å². The number of carbonyl (C=O) groups excluding carboxylic acids is 4. The first-order chi connectivity index (χ1) is 17.2. The summed E-state index contributed by atoms with van der Waals surface area (Å²) in [6.45, 7) is 1.61. The summed E-state index contributed by atoms with van der Waals surface area (Å²) in [5.41, 5.74) is 0.835. The number of amides is 2. The third-order valence-electron chi connectivity index (χ3n) is 5.31. The highest BCUT2D eigenvalue weighted by atomic mass is 16.6. The number of carbonyl (C=O) groups is 4. The van der Waals surface area contributed by atoms with Crippen molar-refractivity contribution in [3.63, 3.8) is 0 Å². The van der Waals surface area contributed by atoms with Crippen molar-refractivity contribution in [3.8, 4) is 5.75 Å². The van der Waals surface area contributed by atoms with Crippen LogP contribution in [0.4, 0.5) is 17.1 Å². The highest BCUT2D eigenvalue weighted by molar-refractivity contribution is 6.01. The molecule has 3 rings (SSSR count). The minimum absolute atomic E-state index is 0.0248. The lowest BCUT2D eigenvalue weighted by Gasteiger charge is -2.19. The van der Waals surface area contributed by atoms with Gasteiger partial charge in [-0.2, -0.15) is 0 Å². The molecule has 12 nitrogen and oxygen atoms in total. The fraction of sp³-hybridized carbons (Fsp3) is 0.333. The topological polar surface area (TPSA) is 154 Å². The number of hydrogen-bond acceptors (Lipinski definition) is 9. The molecule has 1 aliphatic heterocycles. The maximum atomic E-state index is 12.5. The third-order valence-corrected chi connectivity index (χ3v) is 5.31. The fourth-order valence-corrected chi connectivity index (χ4v) is 3.52. The molecule has 0 saturated carbocycles. The second-order valence-corrected chi connectivity index (χ2v) is 7.89. The zero-order valence-corrected chi connectivity index (χ0v) is 19.7. The van der Waals surface area contributed by atoms with E-state index < -0.39 is 35.3 Å². The van der Waals surface area contributed by atoms with Crippen LogP contribution in [-0.2, 0) is 23.9 Å². The van der Waals surface area contributed by atoms with Crippen LogP contribution in [0.3, 0.4) is 0 Å². The van der Waals surface area contributed by atoms with Crippen molar-refractivity contribution >= 4 is 40.8 Å². The molecule has 1 saturated heterocycles. The number of hydrogen-bond donors (Lipinski definition) is 1. The molecule has 0 unspecified atom stereocenters. The molecule has 1 N–H and O–H groups in total. The van der Waals surface area contributed by atoms with E-state index in [-0.39, 0.29) is 30.3 Å². The van der Waals surface area contributed by atoms with E-state index in [9.17, 15) is 29.3 Å². The molecule has 1 aliphatic rings. The van der Waals surface area contributed by atoms with Crippen molar-refractivity contribution in [3.05, 3.63) is 58.1 Å². The maximum absolute atomic E-state index is 12.5. The van der Waals surface area contributed by atoms with E-state index in [1.165, 1.54) is 54.5 Å². The summed E-state index contributed by atoms with van der Waals surface area (Å²) < 4.78 is 15.3. The predicted molar refractivity (Wildman–Crippen MR) is 127 cm³/mol. The van der Waals surface area contributed by atoms with Crippen LogP contribution in [0.25, 0.3) is 0 Å². The Labute approximate surface area is 206 Å². The molecular weight excluding hydrogens is 474 g/mol. The second-order valence-electron chi connectivity index (χ2n) is 7.89. The lowest BCUT2D eigenvalue weighted by atomic mass is 10.1. The summed E-state index contributed by atoms with van der Waals surface area (Å²) in [4.78, 5) is 60.7. The SMILES string of the molecule is CCCOC(=O)c1ccc(NC(=O)COC(=O)[C@H]2CC(=O)N(c3ccc([N+](=O)[O-])cc3OC)C2)cc1. The highest BCUT2D eigenvalue weighted by Crippen LogP contribution is 2.36. The minimum Gasteiger partial charge on any atom is -0.494 e. The van der Waals surface area contributed by atoms with Gasteiger partial charge < -0.3 is 24.4 Å². The van der Waals surface area contributed by atoms with Crippen molar-refractivity contribution in [1.82, 2.24) is 0 Å². The van der Waals surface area contributed by atoms with E-state index in [2.05, 4.69) is 5.32 Å². The molecule has 2 aromatic rings. The lowest BCUT2D eigenvalue weighted by Crippen LogP contribution is -2.28. The van der Waals surface area contributed by atoms with Gasteiger partial charge in [-0.25, -0.2) is 4.79 Å². The smallest absolute Gasteiger partial charge is 0.338 e. The first-order valence-electron chi connectivity index (χ1n) is 11.1. The number of nitro groups is 1. The molecule has 1 heterocycles. The summed E-state index contributed by atoms with van der Waals surface area (Å²) in [5, 5.41) is 13.5. The highest BCUT2D eigenvalue weighted by Gasteiger charge is 2.37. The third kappa shape index (κ3) is 6.34. The molecule has 12 heteroatoms. The van der Waals surface area contributed by atoms with E-state index in [0.29, 0.717) is 30.0 Å². The number of nitro benzene ring substituents is 1. The van der Waals surface area contributed by atoms with Gasteiger partial charge in [0.1, 0.15) is 5.75 Å². The van der Waals surface area contributed by atoms with Gasteiger partial charge >= 0.3 is 11.9 Å². The van der Waals surface area contributed by atoms with Crippen molar-refractivity contribution in [1.29, 1.82) is 0 Å². The summed E-state index contributed by atoms with van der Waals surface area (Å²) in [7, 11) is 1.32. The molecule has 2 amide bonds. The van der Waals surface area contributed by atoms with Crippen molar-refractivity contribution in [2.75, 3.05) is 37.1 Å². The number of non-ortho nitro benzene ring substituents is 1. The van der Waals surface area contributed by atoms with Gasteiger partial charge in [0.25, 0.3) is 11.6 Å². The van der Waals surface area contributed by atoms with Crippen LogP contribution in [0.2, 0.25) is 0 Å². The molecule has 190 valence electrons. The fourth-order valence-electron chi connectivity index (χ4n) is 3.52. The maximum Gasteiger partial charge on any atom is 0.338 e. The van der Waals surface area contributed by atoms with Crippen molar-refractivity contribution in [2.24, 2.45) is 5.92 Å². The van der Waals surface area contributed by atoms with Crippen molar-refractivity contribution < 1.29 is 38.3 Å². The Kier molecular flexibility index (Phi) is 8.55. The standard InChI is InChI=1S/C24H25N3O9/c1-3-10-35-23(30)15-4-6-17(7-5-15)25-21(28)14-36-24(31)16-11-22(29)26(13-16)19-9-8-18(27(32)33)12-20(19)34-2/h4-9,12,16H,3,10-11,13-14H2,1-2H3,(H,25,28)/t16-/m0/s1. The second kappa shape index (κ2) is 11.8. The number of ether oxygens (including phenoxy) is 3. The van der Waals surface area contributed by atoms with Crippen LogP contribution in [-0.4, -0.2) is 55.5 Å². The molecule has 1 fully saturated rings. The van der Waals surface area contributed by atoms with Gasteiger partial charge in [0.15, 0.2) is 6.61 Å². The first kappa shape index (κ1) is 26.1. The number of anilines is 2. The van der Waals surface area contributed by atoms with E-state index in [1.807, 2.05) is 6.92 Å². The quantitative estimate of drug-likeness (QED) is 0.295. The van der Waals surface area contributed by atoms with Gasteiger partial charge in [0.05, 0.1) is 41.9 Å². The Morgan fingerprint density at radius 1 is 1.14 bits per heavy atom. The van der Waals surface area contributed by atoms with Crippen LogP contribution in [0.1, 0.15) is 30.1 Å². The number of esters is 2. The minimum atomic E-state index is -0.821. The van der Waals surface area contributed by atoms with Gasteiger partial charge in [0, 0.05) is 24.7 Å². The molecule has 36 heavy (non-hydrogen) atoms. The summed E-state index contributed by atoms with van der Waals surface area (Å²) in [6.07, 6.45) is 0.563. The Bertz CT molecular complexity index is 1160. The normalized spacial score (nSPS) is 14.8. The monoisotopic (exact) mass is 499 g/mol. The van der Waals surface area contributed by atoms with Gasteiger partial charge in [-0.05, 0) is 36.8 Å². The number of nitrogens with one attached hydrogen (secondary N) is 1. The number of nitrogens with zero attached hydrogens (tertiary/aromatic N) is 2. The van der Waals surface area contributed by atoms with Crippen LogP contribution >= 0.6 is 0 Å². The van der Waals surface area contributed by atoms with Crippen LogP contribution in [0.15, 0.2) is 42.5 Å². The van der Waals surface area contributed by atoms with Gasteiger partial charge in [-0.15, -0.1) is 0 Å². The Hall–Kier alpha value is -4.48. The average Bonchev–Trinajstić information content (AvgIpc) is 3.27. The van der Waals surface area contributed by atoms with Crippen LogP contribution in [0, 0.1) is 16.0 Å². The Balaban J connectivity index is 1.53. The van der Waals surface area contributed by atoms with E-state index in [4.69, 9.17) is 14.2 Å².